The van der Waals surface area contributed by atoms with Crippen LogP contribution in [0.2, 0.25) is 0 Å². The van der Waals surface area contributed by atoms with Gasteiger partial charge in [0.15, 0.2) is 6.10 Å². The second-order valence-corrected chi connectivity index (χ2v) is 5.90. The van der Waals surface area contributed by atoms with Gasteiger partial charge in [-0.3, -0.25) is 9.59 Å². The molecule has 3 rings (SSSR count). The molecule has 0 saturated carbocycles. The third-order valence-electron chi connectivity index (χ3n) is 4.00. The summed E-state index contributed by atoms with van der Waals surface area (Å²) >= 11 is 0. The van der Waals surface area contributed by atoms with Gasteiger partial charge in [0.1, 0.15) is 11.6 Å². The standard InChI is InChI=1S/C19H19FN2O3/c1-13(19(24)21-15-9-7-14(20)8-10-15)25-17-5-2-4-16(12-17)22-11-3-6-18(22)23/h2,4-5,7-10,12-13H,3,6,11H2,1H3,(H,21,24)/t13-/m1/s1. The van der Waals surface area contributed by atoms with Crippen molar-refractivity contribution in [2.45, 2.75) is 25.9 Å². The third kappa shape index (κ3) is 4.15. The summed E-state index contributed by atoms with van der Waals surface area (Å²) in [7, 11) is 0. The summed E-state index contributed by atoms with van der Waals surface area (Å²) in [5.41, 5.74) is 1.27. The van der Waals surface area contributed by atoms with E-state index in [2.05, 4.69) is 5.32 Å². The molecule has 0 aromatic heterocycles. The summed E-state index contributed by atoms with van der Waals surface area (Å²) in [6.07, 6.45) is 0.664. The number of rotatable bonds is 5. The van der Waals surface area contributed by atoms with Gasteiger partial charge in [-0.1, -0.05) is 6.07 Å². The number of halogens is 1. The Morgan fingerprint density at radius 1 is 1.24 bits per heavy atom. The van der Waals surface area contributed by atoms with E-state index in [1.165, 1.54) is 24.3 Å². The predicted molar refractivity (Wildman–Crippen MR) is 93.1 cm³/mol. The van der Waals surface area contributed by atoms with Crippen molar-refractivity contribution >= 4 is 23.2 Å². The van der Waals surface area contributed by atoms with Gasteiger partial charge in [-0.25, -0.2) is 4.39 Å². The topological polar surface area (TPSA) is 58.6 Å². The zero-order chi connectivity index (χ0) is 17.8. The molecule has 1 heterocycles. The minimum Gasteiger partial charge on any atom is -0.481 e. The van der Waals surface area contributed by atoms with E-state index in [0.717, 1.165) is 12.1 Å². The van der Waals surface area contributed by atoms with Gasteiger partial charge in [0.05, 0.1) is 0 Å². The molecule has 2 aromatic rings. The van der Waals surface area contributed by atoms with Crippen LogP contribution < -0.4 is 15.0 Å². The highest BCUT2D eigenvalue weighted by Crippen LogP contribution is 2.26. The van der Waals surface area contributed by atoms with Crippen LogP contribution in [0.25, 0.3) is 0 Å². The SMILES string of the molecule is C[C@@H](Oc1cccc(N2CCCC2=O)c1)C(=O)Nc1ccc(F)cc1. The van der Waals surface area contributed by atoms with Gasteiger partial charge in [-0.05, 0) is 49.7 Å². The molecule has 5 nitrogen and oxygen atoms in total. The monoisotopic (exact) mass is 342 g/mol. The van der Waals surface area contributed by atoms with Crippen LogP contribution in [-0.2, 0) is 9.59 Å². The highest BCUT2D eigenvalue weighted by atomic mass is 19.1. The van der Waals surface area contributed by atoms with Gasteiger partial charge in [0, 0.05) is 30.4 Å². The fourth-order valence-corrected chi connectivity index (χ4v) is 2.68. The average molecular weight is 342 g/mol. The largest absolute Gasteiger partial charge is 0.481 e. The van der Waals surface area contributed by atoms with Crippen molar-refractivity contribution in [3.05, 3.63) is 54.3 Å². The molecule has 6 heteroatoms. The second kappa shape index (κ2) is 7.34. The summed E-state index contributed by atoms with van der Waals surface area (Å²) in [4.78, 5) is 25.8. The van der Waals surface area contributed by atoms with E-state index in [4.69, 9.17) is 4.74 Å². The molecular weight excluding hydrogens is 323 g/mol. The zero-order valence-corrected chi connectivity index (χ0v) is 13.9. The summed E-state index contributed by atoms with van der Waals surface area (Å²) in [5.74, 6) is -0.0944. The maximum absolute atomic E-state index is 12.9. The molecule has 2 amide bonds. The number of nitrogens with zero attached hydrogens (tertiary/aromatic N) is 1. The van der Waals surface area contributed by atoms with Crippen molar-refractivity contribution in [1.29, 1.82) is 0 Å². The van der Waals surface area contributed by atoms with Crippen molar-refractivity contribution in [3.63, 3.8) is 0 Å². The van der Waals surface area contributed by atoms with Crippen LogP contribution >= 0.6 is 0 Å². The molecule has 25 heavy (non-hydrogen) atoms. The summed E-state index contributed by atoms with van der Waals surface area (Å²) in [6, 6.07) is 12.7. The summed E-state index contributed by atoms with van der Waals surface area (Å²) < 4.78 is 18.6. The molecule has 1 fully saturated rings. The normalized spacial score (nSPS) is 15.1. The van der Waals surface area contributed by atoms with E-state index in [1.54, 1.807) is 30.0 Å². The molecule has 1 aliphatic heterocycles. The zero-order valence-electron chi connectivity index (χ0n) is 13.9. The Morgan fingerprint density at radius 3 is 2.68 bits per heavy atom. The van der Waals surface area contributed by atoms with Crippen LogP contribution in [0, 0.1) is 5.82 Å². The minimum absolute atomic E-state index is 0.0965. The number of anilines is 2. The summed E-state index contributed by atoms with van der Waals surface area (Å²) in [6.45, 7) is 2.33. The van der Waals surface area contributed by atoms with Crippen LogP contribution in [-0.4, -0.2) is 24.5 Å². The highest BCUT2D eigenvalue weighted by molar-refractivity contribution is 5.96. The van der Waals surface area contributed by atoms with Crippen LogP contribution in [0.4, 0.5) is 15.8 Å². The second-order valence-electron chi connectivity index (χ2n) is 5.90. The highest BCUT2D eigenvalue weighted by Gasteiger charge is 2.22. The number of ether oxygens (including phenoxy) is 1. The van der Waals surface area contributed by atoms with Crippen LogP contribution in [0.3, 0.4) is 0 Å². The number of benzene rings is 2. The maximum Gasteiger partial charge on any atom is 0.265 e. The molecule has 0 unspecified atom stereocenters. The summed E-state index contributed by atoms with van der Waals surface area (Å²) in [5, 5.41) is 2.67. The van der Waals surface area contributed by atoms with Gasteiger partial charge >= 0.3 is 0 Å². The van der Waals surface area contributed by atoms with Crippen molar-refractivity contribution in [1.82, 2.24) is 0 Å². The third-order valence-corrected chi connectivity index (χ3v) is 4.00. The van der Waals surface area contributed by atoms with Gasteiger partial charge in [-0.15, -0.1) is 0 Å². The molecule has 0 bridgehead atoms. The lowest BCUT2D eigenvalue weighted by Crippen LogP contribution is -2.30. The number of nitrogens with one attached hydrogen (secondary N) is 1. The van der Waals surface area contributed by atoms with Crippen molar-refractivity contribution in [2.24, 2.45) is 0 Å². The Kier molecular flexibility index (Phi) is 4.97. The average Bonchev–Trinajstić information content (AvgIpc) is 3.03. The van der Waals surface area contributed by atoms with E-state index in [0.29, 0.717) is 24.4 Å². The fraction of sp³-hybridized carbons (Fsp3) is 0.263. The van der Waals surface area contributed by atoms with Crippen LogP contribution in [0.15, 0.2) is 48.5 Å². The quantitative estimate of drug-likeness (QED) is 0.906. The first-order valence-electron chi connectivity index (χ1n) is 8.16. The predicted octanol–water partition coefficient (Wildman–Crippen LogP) is 3.36. The maximum atomic E-state index is 12.9. The Labute approximate surface area is 145 Å². The Bertz CT molecular complexity index is 776. The first kappa shape index (κ1) is 17.0. The first-order chi connectivity index (χ1) is 12.0. The van der Waals surface area contributed by atoms with Crippen molar-refractivity contribution in [2.75, 3.05) is 16.8 Å². The number of hydrogen-bond acceptors (Lipinski definition) is 3. The Hall–Kier alpha value is -2.89. The molecule has 130 valence electrons. The lowest BCUT2D eigenvalue weighted by atomic mass is 10.2. The van der Waals surface area contributed by atoms with Gasteiger partial charge in [-0.2, -0.15) is 0 Å². The van der Waals surface area contributed by atoms with E-state index >= 15 is 0 Å². The van der Waals surface area contributed by atoms with Crippen LogP contribution in [0.5, 0.6) is 5.75 Å². The lowest BCUT2D eigenvalue weighted by molar-refractivity contribution is -0.122. The van der Waals surface area contributed by atoms with E-state index in [9.17, 15) is 14.0 Å². The fourth-order valence-electron chi connectivity index (χ4n) is 2.68. The number of hydrogen-bond donors (Lipinski definition) is 1. The molecule has 1 atom stereocenters. The minimum atomic E-state index is -0.741. The molecule has 1 saturated heterocycles. The Balaban J connectivity index is 1.64. The molecule has 0 radical (unpaired) electrons. The first-order valence-corrected chi connectivity index (χ1v) is 8.16. The lowest BCUT2D eigenvalue weighted by Gasteiger charge is -2.18. The number of carbonyl (C=O) groups is 2. The molecular formula is C19H19FN2O3. The van der Waals surface area contributed by atoms with E-state index in [-0.39, 0.29) is 17.6 Å². The van der Waals surface area contributed by atoms with E-state index < -0.39 is 6.10 Å². The molecule has 1 N–H and O–H groups in total. The number of amides is 2. The molecule has 1 aliphatic rings. The van der Waals surface area contributed by atoms with Gasteiger partial charge < -0.3 is 15.0 Å². The molecule has 0 aliphatic carbocycles. The van der Waals surface area contributed by atoms with Gasteiger partial charge in [0.2, 0.25) is 5.91 Å². The number of carbonyl (C=O) groups excluding carboxylic acids is 2. The smallest absolute Gasteiger partial charge is 0.265 e. The van der Waals surface area contributed by atoms with Gasteiger partial charge in [0.25, 0.3) is 5.91 Å². The molecule has 2 aromatic carbocycles. The van der Waals surface area contributed by atoms with Crippen LogP contribution in [0.1, 0.15) is 19.8 Å². The molecule has 0 spiro atoms. The van der Waals surface area contributed by atoms with Crippen molar-refractivity contribution < 1.29 is 18.7 Å². The van der Waals surface area contributed by atoms with Crippen molar-refractivity contribution in [3.8, 4) is 5.75 Å². The van der Waals surface area contributed by atoms with E-state index in [1.807, 2.05) is 6.07 Å². The Morgan fingerprint density at radius 2 is 2.00 bits per heavy atom.